The first-order chi connectivity index (χ1) is 12.1. The molecule has 25 heavy (non-hydrogen) atoms. The molecule has 128 valence electrons. The fourth-order valence-corrected chi connectivity index (χ4v) is 5.49. The van der Waals surface area contributed by atoms with Crippen molar-refractivity contribution in [2.45, 2.75) is 43.2 Å². The molecular formula is C23H27N2+. The van der Waals surface area contributed by atoms with Crippen LogP contribution in [0.5, 0.6) is 0 Å². The Morgan fingerprint density at radius 2 is 1.28 bits per heavy atom. The van der Waals surface area contributed by atoms with Crippen molar-refractivity contribution in [1.82, 2.24) is 0 Å². The second-order valence-electron chi connectivity index (χ2n) is 8.33. The zero-order valence-electron chi connectivity index (χ0n) is 15.2. The summed E-state index contributed by atoms with van der Waals surface area (Å²) >= 11 is 0. The van der Waals surface area contributed by atoms with Crippen LogP contribution in [0.1, 0.15) is 36.8 Å². The minimum absolute atomic E-state index is 0.381. The minimum Gasteiger partial charge on any atom is -0.324 e. The Labute approximate surface area is 151 Å². The van der Waals surface area contributed by atoms with Crippen LogP contribution in [0.2, 0.25) is 0 Å². The highest BCUT2D eigenvalue weighted by atomic mass is 15.4. The number of hydrogen-bond acceptors (Lipinski definition) is 1. The van der Waals surface area contributed by atoms with Crippen LogP contribution >= 0.6 is 0 Å². The number of rotatable bonds is 3. The van der Waals surface area contributed by atoms with E-state index >= 15 is 0 Å². The van der Waals surface area contributed by atoms with E-state index < -0.39 is 5.41 Å². The van der Waals surface area contributed by atoms with Crippen LogP contribution in [-0.2, 0) is 5.41 Å². The summed E-state index contributed by atoms with van der Waals surface area (Å²) < 4.78 is 1.14. The van der Waals surface area contributed by atoms with E-state index in [1.54, 1.807) is 0 Å². The fourth-order valence-electron chi connectivity index (χ4n) is 5.49. The molecule has 2 saturated heterocycles. The first-order valence-electron chi connectivity index (χ1n) is 9.44. The van der Waals surface area contributed by atoms with E-state index in [1.807, 2.05) is 12.1 Å². The quantitative estimate of drug-likeness (QED) is 0.759. The lowest BCUT2D eigenvalue weighted by molar-refractivity contribution is -0.931. The highest BCUT2D eigenvalue weighted by Gasteiger charge is 2.55. The molecule has 2 fully saturated rings. The third kappa shape index (κ3) is 2.41. The predicted octanol–water partition coefficient (Wildman–Crippen LogP) is 4.51. The number of benzene rings is 2. The van der Waals surface area contributed by atoms with Gasteiger partial charge in [-0.2, -0.15) is 5.26 Å². The van der Waals surface area contributed by atoms with Gasteiger partial charge < -0.3 is 4.48 Å². The zero-order valence-corrected chi connectivity index (χ0v) is 15.2. The van der Waals surface area contributed by atoms with Gasteiger partial charge in [0.05, 0.1) is 32.2 Å². The molecule has 0 aromatic heterocycles. The lowest BCUT2D eigenvalue weighted by Crippen LogP contribution is -2.57. The summed E-state index contributed by atoms with van der Waals surface area (Å²) in [5.41, 5.74) is 1.77. The summed E-state index contributed by atoms with van der Waals surface area (Å²) in [4.78, 5) is 0. The van der Waals surface area contributed by atoms with E-state index in [1.165, 1.54) is 12.8 Å². The maximum atomic E-state index is 10.5. The number of hydrogen-bond donors (Lipinski definition) is 0. The van der Waals surface area contributed by atoms with E-state index in [9.17, 15) is 5.26 Å². The summed E-state index contributed by atoms with van der Waals surface area (Å²) in [5.74, 6) is 0.381. The van der Waals surface area contributed by atoms with Gasteiger partial charge in [0.25, 0.3) is 0 Å². The van der Waals surface area contributed by atoms with Crippen LogP contribution in [0.25, 0.3) is 0 Å². The monoisotopic (exact) mass is 331 g/mol. The maximum absolute atomic E-state index is 10.5. The van der Waals surface area contributed by atoms with Crippen molar-refractivity contribution in [2.75, 3.05) is 14.1 Å². The van der Waals surface area contributed by atoms with Gasteiger partial charge in [0.2, 0.25) is 0 Å². The molecule has 2 heteroatoms. The molecule has 2 heterocycles. The van der Waals surface area contributed by atoms with Gasteiger partial charge in [0.15, 0.2) is 0 Å². The SMILES string of the molecule is C[N+]1(C)[C@@H]2CC[C@@H]1CC(C(C#N)(c1ccccc1)c1ccccc1)C2. The minimum atomic E-state index is -0.538. The lowest BCUT2D eigenvalue weighted by Gasteiger charge is -2.48. The number of quaternary nitrogens is 1. The normalized spacial score (nSPS) is 27.6. The van der Waals surface area contributed by atoms with Gasteiger partial charge in [-0.25, -0.2) is 0 Å². The Morgan fingerprint density at radius 1 is 0.840 bits per heavy atom. The highest BCUT2D eigenvalue weighted by Crippen LogP contribution is 2.51. The standard InChI is InChI=1S/C23H27N2/c1-25(2)21-13-14-22(25)16-20(15-21)23(17-24,18-9-5-3-6-10-18)19-11-7-4-8-12-19/h3-12,20-22H,13-16H2,1-2H3/q+1/t21-,22-/m1/s1. The molecule has 2 atom stereocenters. The third-order valence-corrected chi connectivity index (χ3v) is 7.08. The molecule has 2 aromatic rings. The summed E-state index contributed by atoms with van der Waals surface area (Å²) in [7, 11) is 4.77. The second-order valence-corrected chi connectivity index (χ2v) is 8.33. The summed E-state index contributed by atoms with van der Waals surface area (Å²) in [6.45, 7) is 0. The van der Waals surface area contributed by atoms with Gasteiger partial charge in [-0.15, -0.1) is 0 Å². The van der Waals surface area contributed by atoms with E-state index in [4.69, 9.17) is 0 Å². The van der Waals surface area contributed by atoms with Crippen LogP contribution in [-0.4, -0.2) is 30.7 Å². The number of piperidine rings is 1. The van der Waals surface area contributed by atoms with Crippen molar-refractivity contribution in [3.63, 3.8) is 0 Å². The lowest BCUT2D eigenvalue weighted by atomic mass is 9.62. The highest BCUT2D eigenvalue weighted by molar-refractivity contribution is 5.47. The van der Waals surface area contributed by atoms with Gasteiger partial charge in [0, 0.05) is 25.7 Å². The Bertz CT molecular complexity index is 717. The van der Waals surface area contributed by atoms with Crippen molar-refractivity contribution >= 4 is 0 Å². The number of nitriles is 1. The Kier molecular flexibility index (Phi) is 3.93. The fraction of sp³-hybridized carbons (Fsp3) is 0.435. The van der Waals surface area contributed by atoms with Crippen LogP contribution in [0, 0.1) is 17.2 Å². The molecule has 2 nitrogen and oxygen atoms in total. The van der Waals surface area contributed by atoms with E-state index in [0.29, 0.717) is 18.0 Å². The largest absolute Gasteiger partial charge is 0.324 e. The number of fused-ring (bicyclic) bond motifs is 2. The molecule has 2 aromatic carbocycles. The Hall–Kier alpha value is -2.11. The van der Waals surface area contributed by atoms with Crippen LogP contribution in [0.4, 0.5) is 0 Å². The molecule has 4 rings (SSSR count). The first-order valence-corrected chi connectivity index (χ1v) is 9.44. The molecule has 0 spiro atoms. The summed E-state index contributed by atoms with van der Waals surface area (Å²) in [6, 6.07) is 25.1. The molecule has 0 radical (unpaired) electrons. The van der Waals surface area contributed by atoms with E-state index in [2.05, 4.69) is 68.7 Å². The van der Waals surface area contributed by atoms with Gasteiger partial charge in [-0.05, 0) is 17.0 Å². The van der Waals surface area contributed by atoms with Crippen molar-refractivity contribution in [3.8, 4) is 6.07 Å². The molecular weight excluding hydrogens is 304 g/mol. The van der Waals surface area contributed by atoms with Gasteiger partial charge in [-0.1, -0.05) is 60.7 Å². The average Bonchev–Trinajstić information content (AvgIpc) is 2.82. The maximum Gasteiger partial charge on any atom is 0.110 e. The summed E-state index contributed by atoms with van der Waals surface area (Å²) in [6.07, 6.45) is 4.89. The zero-order chi connectivity index (χ0) is 17.5. The third-order valence-electron chi connectivity index (χ3n) is 7.08. The molecule has 0 aliphatic carbocycles. The molecule has 2 aliphatic heterocycles. The molecule has 0 saturated carbocycles. The first kappa shape index (κ1) is 16.4. The summed E-state index contributed by atoms with van der Waals surface area (Å²) in [5, 5.41) is 10.5. The van der Waals surface area contributed by atoms with Crippen molar-refractivity contribution in [3.05, 3.63) is 71.8 Å². The predicted molar refractivity (Wildman–Crippen MR) is 101 cm³/mol. The average molecular weight is 331 g/mol. The smallest absolute Gasteiger partial charge is 0.110 e. The van der Waals surface area contributed by atoms with Crippen molar-refractivity contribution < 1.29 is 4.48 Å². The molecule has 2 aliphatic rings. The molecule has 0 N–H and O–H groups in total. The molecule has 0 unspecified atom stereocenters. The van der Waals surface area contributed by atoms with Crippen molar-refractivity contribution in [1.29, 1.82) is 5.26 Å². The van der Waals surface area contributed by atoms with Crippen molar-refractivity contribution in [2.24, 2.45) is 5.92 Å². The Morgan fingerprint density at radius 3 is 1.68 bits per heavy atom. The van der Waals surface area contributed by atoms with Gasteiger partial charge >= 0.3 is 0 Å². The van der Waals surface area contributed by atoms with Gasteiger partial charge in [-0.3, -0.25) is 0 Å². The van der Waals surface area contributed by atoms with Crippen LogP contribution in [0.15, 0.2) is 60.7 Å². The van der Waals surface area contributed by atoms with E-state index in [-0.39, 0.29) is 0 Å². The van der Waals surface area contributed by atoms with E-state index in [0.717, 1.165) is 28.5 Å². The molecule has 0 amide bonds. The van der Waals surface area contributed by atoms with Crippen LogP contribution < -0.4 is 0 Å². The molecule has 2 bridgehead atoms. The number of nitrogens with zero attached hydrogens (tertiary/aromatic N) is 2. The second kappa shape index (κ2) is 6.00. The van der Waals surface area contributed by atoms with Crippen LogP contribution in [0.3, 0.4) is 0 Å². The van der Waals surface area contributed by atoms with Gasteiger partial charge in [0.1, 0.15) is 5.41 Å². The Balaban J connectivity index is 1.84. The topological polar surface area (TPSA) is 23.8 Å².